The highest BCUT2D eigenvalue weighted by Crippen LogP contribution is 2.27. The summed E-state index contributed by atoms with van der Waals surface area (Å²) in [5, 5.41) is 0.357. The third-order valence-corrected chi connectivity index (χ3v) is 4.76. The van der Waals surface area contributed by atoms with E-state index in [1.807, 2.05) is 0 Å². The van der Waals surface area contributed by atoms with Crippen LogP contribution in [-0.4, -0.2) is 15.2 Å². The van der Waals surface area contributed by atoms with Crippen LogP contribution in [0.15, 0.2) is 10.6 Å². The quantitative estimate of drug-likeness (QED) is 0.752. The van der Waals surface area contributed by atoms with E-state index >= 15 is 0 Å². The molecule has 0 aliphatic heterocycles. The van der Waals surface area contributed by atoms with Crippen molar-refractivity contribution in [1.29, 1.82) is 0 Å². The summed E-state index contributed by atoms with van der Waals surface area (Å²) in [5.41, 5.74) is 0. The first-order valence-corrected chi connectivity index (χ1v) is 7.11. The zero-order valence-electron chi connectivity index (χ0n) is 8.34. The van der Waals surface area contributed by atoms with Crippen molar-refractivity contribution in [2.75, 3.05) is 5.75 Å². The summed E-state index contributed by atoms with van der Waals surface area (Å²) in [5.74, 6) is 1.30. The topological polar surface area (TPSA) is 17.1 Å². The summed E-state index contributed by atoms with van der Waals surface area (Å²) in [7, 11) is -0.787. The molecule has 0 bridgehead atoms. The predicted molar refractivity (Wildman–Crippen MR) is 64.2 cm³/mol. The molecule has 14 heavy (non-hydrogen) atoms. The molecular weight excluding hydrogens is 239 g/mol. The molecule has 1 nitrogen and oxygen atoms in total. The van der Waals surface area contributed by atoms with Crippen LogP contribution in [0.4, 0.5) is 0 Å². The maximum absolute atomic E-state index is 11.8. The van der Waals surface area contributed by atoms with E-state index in [4.69, 9.17) is 23.2 Å². The smallest absolute Gasteiger partial charge is 0.103 e. The molecule has 1 aliphatic rings. The lowest BCUT2D eigenvalue weighted by molar-refractivity contribution is 0.389. The van der Waals surface area contributed by atoms with Gasteiger partial charge in [-0.3, -0.25) is 4.21 Å². The van der Waals surface area contributed by atoms with Gasteiger partial charge in [-0.1, -0.05) is 30.1 Å². The Labute approximate surface area is 98.3 Å². The van der Waals surface area contributed by atoms with Gasteiger partial charge in [0, 0.05) is 21.8 Å². The highest BCUT2D eigenvalue weighted by Gasteiger charge is 2.22. The summed E-state index contributed by atoms with van der Waals surface area (Å²) >= 11 is 11.0. The predicted octanol–water partition coefficient (Wildman–Crippen LogP) is 3.63. The van der Waals surface area contributed by atoms with Crippen LogP contribution in [0.5, 0.6) is 0 Å². The lowest BCUT2D eigenvalue weighted by atomic mass is 9.91. The number of hydrogen-bond acceptors (Lipinski definition) is 1. The van der Waals surface area contributed by atoms with Gasteiger partial charge in [0.2, 0.25) is 0 Å². The minimum atomic E-state index is -0.787. The van der Waals surface area contributed by atoms with Gasteiger partial charge in [-0.05, 0) is 37.7 Å². The van der Waals surface area contributed by atoms with Crippen LogP contribution in [0.25, 0.3) is 0 Å². The Bertz CT molecular complexity index is 228. The molecule has 1 atom stereocenters. The van der Waals surface area contributed by atoms with Gasteiger partial charge in [-0.15, -0.1) is 0 Å². The van der Waals surface area contributed by atoms with Gasteiger partial charge in [0.25, 0.3) is 0 Å². The number of hydrogen-bond donors (Lipinski definition) is 0. The monoisotopic (exact) mass is 254 g/mol. The summed E-state index contributed by atoms with van der Waals surface area (Å²) in [6.07, 6.45) is 6.21. The first-order valence-electron chi connectivity index (χ1n) is 4.98. The van der Waals surface area contributed by atoms with E-state index < -0.39 is 10.8 Å². The van der Waals surface area contributed by atoms with Crippen molar-refractivity contribution >= 4 is 34.0 Å². The number of halogens is 2. The van der Waals surface area contributed by atoms with E-state index in [0.717, 1.165) is 18.8 Å². The second kappa shape index (κ2) is 6.14. The maximum Gasteiger partial charge on any atom is 0.103 e. The van der Waals surface area contributed by atoms with Gasteiger partial charge in [0.15, 0.2) is 0 Å². The van der Waals surface area contributed by atoms with E-state index in [1.165, 1.54) is 12.8 Å². The lowest BCUT2D eigenvalue weighted by Gasteiger charge is -2.25. The van der Waals surface area contributed by atoms with E-state index in [9.17, 15) is 4.21 Å². The van der Waals surface area contributed by atoms with Crippen molar-refractivity contribution in [3.63, 3.8) is 0 Å². The molecule has 0 radical (unpaired) electrons. The SMILES string of the molecule is CC1CCC(S(=O)CC=C(Cl)Cl)CC1. The average molecular weight is 255 g/mol. The van der Waals surface area contributed by atoms with Crippen molar-refractivity contribution in [3.8, 4) is 0 Å². The summed E-state index contributed by atoms with van der Waals surface area (Å²) in [4.78, 5) is 0. The molecule has 1 unspecified atom stereocenters. The van der Waals surface area contributed by atoms with Gasteiger partial charge in [-0.2, -0.15) is 0 Å². The van der Waals surface area contributed by atoms with Crippen LogP contribution >= 0.6 is 23.2 Å². The van der Waals surface area contributed by atoms with Crippen LogP contribution < -0.4 is 0 Å². The molecule has 0 saturated heterocycles. The van der Waals surface area contributed by atoms with Gasteiger partial charge in [0.05, 0.1) is 0 Å². The Hall–Kier alpha value is 0.470. The fourth-order valence-electron chi connectivity index (χ4n) is 1.77. The van der Waals surface area contributed by atoms with E-state index in [2.05, 4.69) is 6.92 Å². The fourth-order valence-corrected chi connectivity index (χ4v) is 3.51. The highest BCUT2D eigenvalue weighted by atomic mass is 35.5. The minimum absolute atomic E-state index is 0.225. The second-order valence-corrected chi connectivity index (χ2v) is 6.69. The molecule has 0 amide bonds. The standard InChI is InChI=1S/C10H16Cl2OS/c1-8-2-4-9(5-3-8)14(13)7-6-10(11)12/h6,8-9H,2-5,7H2,1H3. The zero-order chi connectivity index (χ0) is 10.6. The summed E-state index contributed by atoms with van der Waals surface area (Å²) in [6.45, 7) is 2.26. The molecule has 0 aromatic rings. The molecule has 4 heteroatoms. The van der Waals surface area contributed by atoms with Gasteiger partial charge in [0.1, 0.15) is 4.49 Å². The van der Waals surface area contributed by atoms with Crippen LogP contribution in [0.3, 0.4) is 0 Å². The molecule has 0 N–H and O–H groups in total. The molecule has 0 spiro atoms. The number of rotatable bonds is 3. The second-order valence-electron chi connectivity index (χ2n) is 3.92. The molecule has 0 aromatic carbocycles. The van der Waals surface area contributed by atoms with E-state index in [1.54, 1.807) is 6.08 Å². The minimum Gasteiger partial charge on any atom is -0.259 e. The first-order chi connectivity index (χ1) is 6.59. The average Bonchev–Trinajstić information content (AvgIpc) is 2.15. The normalized spacial score (nSPS) is 29.6. The first kappa shape index (κ1) is 12.5. The molecule has 1 aliphatic carbocycles. The molecule has 1 saturated carbocycles. The summed E-state index contributed by atoms with van der Waals surface area (Å²) in [6, 6.07) is 0. The molecule has 0 aromatic heterocycles. The molecule has 1 fully saturated rings. The molecule has 1 rings (SSSR count). The molecule has 82 valence electrons. The van der Waals surface area contributed by atoms with Gasteiger partial charge >= 0.3 is 0 Å². The fraction of sp³-hybridized carbons (Fsp3) is 0.800. The van der Waals surface area contributed by atoms with Crippen molar-refractivity contribution in [2.24, 2.45) is 5.92 Å². The lowest BCUT2D eigenvalue weighted by Crippen LogP contribution is -2.23. The van der Waals surface area contributed by atoms with Crippen LogP contribution in [-0.2, 0) is 10.8 Å². The van der Waals surface area contributed by atoms with Crippen molar-refractivity contribution in [2.45, 2.75) is 37.9 Å². The summed E-state index contributed by atoms with van der Waals surface area (Å²) < 4.78 is 12.0. The molecule has 0 heterocycles. The molecular formula is C10H16Cl2OS. The van der Waals surface area contributed by atoms with Crippen molar-refractivity contribution in [1.82, 2.24) is 0 Å². The van der Waals surface area contributed by atoms with Crippen LogP contribution in [0, 0.1) is 5.92 Å². The highest BCUT2D eigenvalue weighted by molar-refractivity contribution is 7.85. The maximum atomic E-state index is 11.8. The largest absolute Gasteiger partial charge is 0.259 e. The Morgan fingerprint density at radius 3 is 2.43 bits per heavy atom. The Balaban J connectivity index is 2.34. The van der Waals surface area contributed by atoms with E-state index in [0.29, 0.717) is 11.0 Å². The van der Waals surface area contributed by atoms with E-state index in [-0.39, 0.29) is 4.49 Å². The van der Waals surface area contributed by atoms with Crippen molar-refractivity contribution in [3.05, 3.63) is 10.6 Å². The van der Waals surface area contributed by atoms with Crippen molar-refractivity contribution < 1.29 is 4.21 Å². The Morgan fingerprint density at radius 2 is 1.93 bits per heavy atom. The third kappa shape index (κ3) is 4.33. The zero-order valence-corrected chi connectivity index (χ0v) is 10.7. The Morgan fingerprint density at radius 1 is 1.36 bits per heavy atom. The van der Waals surface area contributed by atoms with Crippen LogP contribution in [0.1, 0.15) is 32.6 Å². The third-order valence-electron chi connectivity index (χ3n) is 2.74. The van der Waals surface area contributed by atoms with Crippen LogP contribution in [0.2, 0.25) is 0 Å². The Kier molecular flexibility index (Phi) is 5.50. The van der Waals surface area contributed by atoms with Gasteiger partial charge in [-0.25, -0.2) is 0 Å². The van der Waals surface area contributed by atoms with Gasteiger partial charge < -0.3 is 0 Å².